The Kier molecular flexibility index (Phi) is 4.23. The van der Waals surface area contributed by atoms with Crippen LogP contribution in [-0.4, -0.2) is 37.6 Å². The fraction of sp³-hybridized carbons (Fsp3) is 0.200. The fourth-order valence-electron chi connectivity index (χ4n) is 3.23. The van der Waals surface area contributed by atoms with Gasteiger partial charge in [-0.15, -0.1) is 0 Å². The van der Waals surface area contributed by atoms with Crippen LogP contribution in [0.4, 0.5) is 0 Å². The quantitative estimate of drug-likeness (QED) is 0.513. The van der Waals surface area contributed by atoms with Crippen molar-refractivity contribution in [2.24, 2.45) is 14.1 Å². The van der Waals surface area contributed by atoms with E-state index < -0.39 is 8.07 Å². The summed E-state index contributed by atoms with van der Waals surface area (Å²) in [5.74, 6) is 0. The number of pyridine rings is 2. The van der Waals surface area contributed by atoms with Crippen LogP contribution < -0.4 is 10.6 Å². The molecule has 4 heterocycles. The first-order valence-electron chi connectivity index (χ1n) is 8.88. The lowest BCUT2D eigenvalue weighted by atomic mass is 10.3. The Morgan fingerprint density at radius 1 is 0.667 bits per heavy atom. The smallest absolute Gasteiger partial charge is 0.158 e. The first-order chi connectivity index (χ1) is 13.0. The Labute approximate surface area is 159 Å². The van der Waals surface area contributed by atoms with Crippen LogP contribution in [0.5, 0.6) is 0 Å². The van der Waals surface area contributed by atoms with E-state index in [1.165, 1.54) is 0 Å². The van der Waals surface area contributed by atoms with Gasteiger partial charge in [0.25, 0.3) is 0 Å². The second-order valence-corrected chi connectivity index (χ2v) is 11.4. The summed E-state index contributed by atoms with van der Waals surface area (Å²) in [5.41, 5.74) is 3.91. The molecule has 136 valence electrons. The SMILES string of the molecule is Cn1nccc1-c1cccc([Si](C)(C)c2cccc(-c3ccnn3C)n2)n1. The van der Waals surface area contributed by atoms with Crippen LogP contribution in [0.3, 0.4) is 0 Å². The number of nitrogens with zero attached hydrogens (tertiary/aromatic N) is 6. The lowest BCUT2D eigenvalue weighted by Gasteiger charge is -2.22. The highest BCUT2D eigenvalue weighted by Crippen LogP contribution is 2.17. The van der Waals surface area contributed by atoms with E-state index in [0.717, 1.165) is 33.4 Å². The van der Waals surface area contributed by atoms with Crippen molar-refractivity contribution in [2.75, 3.05) is 0 Å². The summed E-state index contributed by atoms with van der Waals surface area (Å²) in [6.45, 7) is 4.58. The van der Waals surface area contributed by atoms with E-state index >= 15 is 0 Å². The summed E-state index contributed by atoms with van der Waals surface area (Å²) in [7, 11) is 1.81. The van der Waals surface area contributed by atoms with Crippen LogP contribution in [0.1, 0.15) is 0 Å². The molecule has 0 amide bonds. The maximum absolute atomic E-state index is 4.98. The molecule has 0 aliphatic rings. The highest BCUT2D eigenvalue weighted by atomic mass is 28.3. The van der Waals surface area contributed by atoms with E-state index in [0.29, 0.717) is 0 Å². The van der Waals surface area contributed by atoms with Crippen molar-refractivity contribution in [3.63, 3.8) is 0 Å². The van der Waals surface area contributed by atoms with Gasteiger partial charge in [-0.3, -0.25) is 19.3 Å². The van der Waals surface area contributed by atoms with Gasteiger partial charge in [0.15, 0.2) is 8.07 Å². The molecule has 0 radical (unpaired) electrons. The molecule has 4 aromatic rings. The van der Waals surface area contributed by atoms with E-state index in [-0.39, 0.29) is 0 Å². The molecule has 4 rings (SSSR count). The van der Waals surface area contributed by atoms with Crippen LogP contribution in [0.15, 0.2) is 60.9 Å². The van der Waals surface area contributed by atoms with Gasteiger partial charge in [-0.25, -0.2) is 0 Å². The van der Waals surface area contributed by atoms with E-state index in [4.69, 9.17) is 9.97 Å². The monoisotopic (exact) mass is 374 g/mol. The number of aryl methyl sites for hydroxylation is 2. The first-order valence-corrected chi connectivity index (χ1v) is 11.9. The minimum atomic E-state index is -2.06. The number of aromatic nitrogens is 6. The molecule has 0 fully saturated rings. The van der Waals surface area contributed by atoms with Gasteiger partial charge in [0.2, 0.25) is 0 Å². The van der Waals surface area contributed by atoms with Gasteiger partial charge in [0.1, 0.15) is 0 Å². The predicted octanol–water partition coefficient (Wildman–Crippen LogP) is 2.10. The molecule has 0 saturated carbocycles. The van der Waals surface area contributed by atoms with Gasteiger partial charge in [0, 0.05) is 37.1 Å². The summed E-state index contributed by atoms with van der Waals surface area (Å²) >= 11 is 0. The molecule has 0 saturated heterocycles. The fourth-order valence-corrected chi connectivity index (χ4v) is 5.32. The lowest BCUT2D eigenvalue weighted by molar-refractivity contribution is 0.773. The Bertz CT molecular complexity index is 1010. The van der Waals surface area contributed by atoms with Gasteiger partial charge < -0.3 is 0 Å². The molecular weight excluding hydrogens is 352 g/mol. The largest absolute Gasteiger partial charge is 0.266 e. The van der Waals surface area contributed by atoms with Crippen molar-refractivity contribution >= 4 is 18.7 Å². The zero-order chi connectivity index (χ0) is 19.0. The summed E-state index contributed by atoms with van der Waals surface area (Å²) < 4.78 is 3.70. The average Bonchev–Trinajstić information content (AvgIpc) is 3.30. The maximum Gasteiger partial charge on any atom is 0.158 e. The second-order valence-electron chi connectivity index (χ2n) is 7.12. The molecule has 0 spiro atoms. The minimum absolute atomic E-state index is 0.941. The molecule has 27 heavy (non-hydrogen) atoms. The maximum atomic E-state index is 4.98. The topological polar surface area (TPSA) is 61.4 Å². The molecule has 4 aromatic heterocycles. The van der Waals surface area contributed by atoms with Crippen molar-refractivity contribution < 1.29 is 0 Å². The van der Waals surface area contributed by atoms with Gasteiger partial charge >= 0.3 is 0 Å². The third kappa shape index (κ3) is 3.10. The zero-order valence-corrected chi connectivity index (χ0v) is 17.0. The van der Waals surface area contributed by atoms with Gasteiger partial charge in [-0.1, -0.05) is 25.2 Å². The lowest BCUT2D eigenvalue weighted by Crippen LogP contribution is -2.55. The third-order valence-electron chi connectivity index (χ3n) is 4.95. The summed E-state index contributed by atoms with van der Waals surface area (Å²) in [5, 5.41) is 10.7. The van der Waals surface area contributed by atoms with Crippen LogP contribution in [-0.2, 0) is 14.1 Å². The van der Waals surface area contributed by atoms with E-state index in [1.807, 2.05) is 47.7 Å². The Hall–Kier alpha value is -3.06. The molecule has 0 aromatic carbocycles. The summed E-state index contributed by atoms with van der Waals surface area (Å²) in [6, 6.07) is 16.4. The highest BCUT2D eigenvalue weighted by molar-refractivity contribution is 6.99. The molecular formula is C20H22N6Si. The molecule has 0 bridgehead atoms. The highest BCUT2D eigenvalue weighted by Gasteiger charge is 2.30. The number of hydrogen-bond acceptors (Lipinski definition) is 4. The van der Waals surface area contributed by atoms with Crippen LogP contribution in [0.25, 0.3) is 22.8 Å². The van der Waals surface area contributed by atoms with Crippen molar-refractivity contribution in [3.05, 3.63) is 60.9 Å². The van der Waals surface area contributed by atoms with E-state index in [9.17, 15) is 0 Å². The Morgan fingerprint density at radius 3 is 1.48 bits per heavy atom. The summed E-state index contributed by atoms with van der Waals surface area (Å²) in [6.07, 6.45) is 3.59. The molecule has 0 atom stereocenters. The van der Waals surface area contributed by atoms with Crippen molar-refractivity contribution in [2.45, 2.75) is 13.1 Å². The normalized spacial score (nSPS) is 11.7. The summed E-state index contributed by atoms with van der Waals surface area (Å²) in [4.78, 5) is 9.95. The molecule has 0 N–H and O–H groups in total. The third-order valence-corrected chi connectivity index (χ3v) is 8.06. The van der Waals surface area contributed by atoms with E-state index in [2.05, 4.69) is 47.6 Å². The Balaban J connectivity index is 1.76. The Morgan fingerprint density at radius 2 is 1.11 bits per heavy atom. The molecule has 7 heteroatoms. The van der Waals surface area contributed by atoms with Crippen LogP contribution >= 0.6 is 0 Å². The first kappa shape index (κ1) is 17.4. The number of hydrogen-bond donors (Lipinski definition) is 0. The zero-order valence-electron chi connectivity index (χ0n) is 16.0. The standard InChI is InChI=1S/C20H22N6Si/c1-25-17(11-13-21-25)15-7-5-9-19(23-15)27(3,4)20-10-6-8-16(24-20)18-12-14-22-26(18)2/h5-14H,1-4H3. The second kappa shape index (κ2) is 6.59. The van der Waals surface area contributed by atoms with Crippen LogP contribution in [0.2, 0.25) is 13.1 Å². The predicted molar refractivity (Wildman–Crippen MR) is 110 cm³/mol. The van der Waals surface area contributed by atoms with Crippen LogP contribution in [0, 0.1) is 0 Å². The molecule has 6 nitrogen and oxygen atoms in total. The number of rotatable bonds is 4. The van der Waals surface area contributed by atoms with Gasteiger partial charge in [-0.05, 0) is 36.4 Å². The molecule has 0 aliphatic heterocycles. The van der Waals surface area contributed by atoms with E-state index in [1.54, 1.807) is 12.4 Å². The molecule has 0 aliphatic carbocycles. The average molecular weight is 375 g/mol. The van der Waals surface area contributed by atoms with Gasteiger partial charge in [0.05, 0.1) is 22.8 Å². The van der Waals surface area contributed by atoms with Gasteiger partial charge in [-0.2, -0.15) is 10.2 Å². The van der Waals surface area contributed by atoms with Crippen molar-refractivity contribution in [3.8, 4) is 22.8 Å². The minimum Gasteiger partial charge on any atom is -0.266 e. The van der Waals surface area contributed by atoms with Crippen molar-refractivity contribution in [1.82, 2.24) is 29.5 Å². The van der Waals surface area contributed by atoms with Crippen molar-refractivity contribution in [1.29, 1.82) is 0 Å². The molecule has 0 unspecified atom stereocenters.